The lowest BCUT2D eigenvalue weighted by Gasteiger charge is -2.14. The van der Waals surface area contributed by atoms with E-state index in [0.29, 0.717) is 6.42 Å². The summed E-state index contributed by atoms with van der Waals surface area (Å²) in [6, 6.07) is 14.9. The molecule has 0 bridgehead atoms. The number of carbonyl (C=O) groups excluding carboxylic acids is 1. The number of ketones is 1. The predicted octanol–water partition coefficient (Wildman–Crippen LogP) is 4.25. The number of aromatic nitrogens is 1. The van der Waals surface area contributed by atoms with E-state index in [1.165, 1.54) is 0 Å². The number of phenolic OH excluding ortho intramolecular Hbond substituents is 1. The largest absolute Gasteiger partial charge is 0.508 e. The van der Waals surface area contributed by atoms with E-state index < -0.39 is 0 Å². The van der Waals surface area contributed by atoms with E-state index in [1.807, 2.05) is 43.5 Å². The number of Topliss-reactive ketones (excluding diaryl/α,β-unsaturated/α-hetero) is 1. The second-order valence-electron chi connectivity index (χ2n) is 5.75. The average molecular weight is 305 g/mol. The molecule has 0 aliphatic heterocycles. The van der Waals surface area contributed by atoms with Gasteiger partial charge >= 0.3 is 0 Å². The van der Waals surface area contributed by atoms with Gasteiger partial charge in [-0.25, -0.2) is 0 Å². The van der Waals surface area contributed by atoms with Crippen molar-refractivity contribution in [3.63, 3.8) is 0 Å². The van der Waals surface area contributed by atoms with Crippen LogP contribution in [0.1, 0.15) is 30.4 Å². The third kappa shape index (κ3) is 3.39. The Balaban J connectivity index is 1.81. The lowest BCUT2D eigenvalue weighted by molar-refractivity contribution is -0.119. The van der Waals surface area contributed by atoms with Crippen molar-refractivity contribution in [3.05, 3.63) is 72.1 Å². The first kappa shape index (κ1) is 15.2. The third-order valence-corrected chi connectivity index (χ3v) is 4.18. The smallest absolute Gasteiger partial charge is 0.144 e. The first-order chi connectivity index (χ1) is 11.2. The van der Waals surface area contributed by atoms with Gasteiger partial charge in [-0.15, -0.1) is 0 Å². The molecule has 1 heterocycles. The van der Waals surface area contributed by atoms with E-state index >= 15 is 0 Å². The van der Waals surface area contributed by atoms with E-state index in [0.717, 1.165) is 28.3 Å². The standard InChI is InChI=1S/C20H19NO2/c1-2-19(15-5-7-18(22)8-6-15)20(23)12-14-3-4-17-13-21-10-9-16(17)11-14/h3-11,13,19,22H,2,12H2,1H3. The molecule has 3 nitrogen and oxygen atoms in total. The molecule has 1 atom stereocenters. The molecule has 0 radical (unpaired) electrons. The molecule has 0 fully saturated rings. The van der Waals surface area contributed by atoms with Crippen LogP contribution in [-0.2, 0) is 11.2 Å². The van der Waals surface area contributed by atoms with Crippen molar-refractivity contribution in [3.8, 4) is 5.75 Å². The van der Waals surface area contributed by atoms with Crippen LogP contribution < -0.4 is 0 Å². The number of benzene rings is 2. The van der Waals surface area contributed by atoms with E-state index in [4.69, 9.17) is 0 Å². The van der Waals surface area contributed by atoms with Crippen LogP contribution in [0.4, 0.5) is 0 Å². The van der Waals surface area contributed by atoms with E-state index in [-0.39, 0.29) is 17.5 Å². The van der Waals surface area contributed by atoms with Crippen LogP contribution in [-0.4, -0.2) is 15.9 Å². The Morgan fingerprint density at radius 3 is 2.61 bits per heavy atom. The summed E-state index contributed by atoms with van der Waals surface area (Å²) in [6.45, 7) is 2.02. The van der Waals surface area contributed by atoms with Crippen molar-refractivity contribution >= 4 is 16.6 Å². The van der Waals surface area contributed by atoms with Gasteiger partial charge in [0.15, 0.2) is 0 Å². The van der Waals surface area contributed by atoms with Gasteiger partial charge in [0, 0.05) is 30.1 Å². The number of nitrogens with zero attached hydrogens (tertiary/aromatic N) is 1. The van der Waals surface area contributed by atoms with Crippen molar-refractivity contribution in [1.82, 2.24) is 4.98 Å². The fourth-order valence-electron chi connectivity index (χ4n) is 2.92. The van der Waals surface area contributed by atoms with Crippen LogP contribution >= 0.6 is 0 Å². The van der Waals surface area contributed by atoms with Gasteiger partial charge in [-0.3, -0.25) is 9.78 Å². The molecule has 0 aliphatic rings. The Labute approximate surface area is 135 Å². The molecular formula is C20H19NO2. The van der Waals surface area contributed by atoms with Gasteiger partial charge in [0.25, 0.3) is 0 Å². The second-order valence-corrected chi connectivity index (χ2v) is 5.75. The predicted molar refractivity (Wildman–Crippen MR) is 91.6 cm³/mol. The van der Waals surface area contributed by atoms with Crippen molar-refractivity contribution in [2.45, 2.75) is 25.7 Å². The minimum atomic E-state index is -0.135. The highest BCUT2D eigenvalue weighted by Crippen LogP contribution is 2.25. The zero-order valence-corrected chi connectivity index (χ0v) is 13.1. The zero-order valence-electron chi connectivity index (χ0n) is 13.1. The van der Waals surface area contributed by atoms with Gasteiger partial charge in [0.1, 0.15) is 11.5 Å². The molecule has 0 spiro atoms. The number of phenols is 1. The summed E-state index contributed by atoms with van der Waals surface area (Å²) in [5.74, 6) is 0.287. The van der Waals surface area contributed by atoms with Gasteiger partial charge in [0.2, 0.25) is 0 Å². The molecule has 23 heavy (non-hydrogen) atoms. The van der Waals surface area contributed by atoms with Crippen molar-refractivity contribution in [2.75, 3.05) is 0 Å². The average Bonchev–Trinajstić information content (AvgIpc) is 2.57. The highest BCUT2D eigenvalue weighted by atomic mass is 16.3. The van der Waals surface area contributed by atoms with Gasteiger partial charge in [-0.2, -0.15) is 0 Å². The maximum Gasteiger partial charge on any atom is 0.144 e. The molecule has 0 saturated carbocycles. The summed E-state index contributed by atoms with van der Waals surface area (Å²) in [6.07, 6.45) is 4.75. The van der Waals surface area contributed by atoms with E-state index in [9.17, 15) is 9.90 Å². The first-order valence-corrected chi connectivity index (χ1v) is 7.81. The number of hydrogen-bond donors (Lipinski definition) is 1. The van der Waals surface area contributed by atoms with Crippen LogP contribution in [0.3, 0.4) is 0 Å². The highest BCUT2D eigenvalue weighted by Gasteiger charge is 2.19. The fourth-order valence-corrected chi connectivity index (χ4v) is 2.92. The fraction of sp³-hybridized carbons (Fsp3) is 0.200. The second kappa shape index (κ2) is 6.61. The molecule has 116 valence electrons. The van der Waals surface area contributed by atoms with Crippen LogP contribution in [0, 0.1) is 0 Å². The molecule has 0 aliphatic carbocycles. The monoisotopic (exact) mass is 305 g/mol. The summed E-state index contributed by atoms with van der Waals surface area (Å²) in [5, 5.41) is 11.6. The zero-order chi connectivity index (χ0) is 16.2. The van der Waals surface area contributed by atoms with Gasteiger partial charge in [-0.05, 0) is 41.1 Å². The number of carbonyl (C=O) groups is 1. The minimum Gasteiger partial charge on any atom is -0.508 e. The van der Waals surface area contributed by atoms with Crippen molar-refractivity contribution in [1.29, 1.82) is 0 Å². The van der Waals surface area contributed by atoms with Crippen LogP contribution in [0.15, 0.2) is 60.9 Å². The lowest BCUT2D eigenvalue weighted by Crippen LogP contribution is -2.14. The number of rotatable bonds is 5. The summed E-state index contributed by atoms with van der Waals surface area (Å²) in [5.41, 5.74) is 1.98. The minimum absolute atomic E-state index is 0.135. The molecule has 1 unspecified atom stereocenters. The molecule has 3 aromatic rings. The molecule has 0 amide bonds. The van der Waals surface area contributed by atoms with Crippen molar-refractivity contribution < 1.29 is 9.90 Å². The molecule has 0 saturated heterocycles. The molecule has 2 aromatic carbocycles. The van der Waals surface area contributed by atoms with Gasteiger partial charge in [0.05, 0.1) is 0 Å². The number of hydrogen-bond acceptors (Lipinski definition) is 3. The Morgan fingerprint density at radius 1 is 1.09 bits per heavy atom. The maximum absolute atomic E-state index is 12.7. The summed E-state index contributed by atoms with van der Waals surface area (Å²) in [4.78, 5) is 16.8. The number of fused-ring (bicyclic) bond motifs is 1. The lowest BCUT2D eigenvalue weighted by atomic mass is 9.89. The summed E-state index contributed by atoms with van der Waals surface area (Å²) < 4.78 is 0. The number of aromatic hydroxyl groups is 1. The molecule has 1 N–H and O–H groups in total. The Hall–Kier alpha value is -2.68. The summed E-state index contributed by atoms with van der Waals surface area (Å²) in [7, 11) is 0. The Bertz CT molecular complexity index is 824. The van der Waals surface area contributed by atoms with Crippen LogP contribution in [0.25, 0.3) is 10.8 Å². The van der Waals surface area contributed by atoms with Crippen molar-refractivity contribution in [2.24, 2.45) is 0 Å². The third-order valence-electron chi connectivity index (χ3n) is 4.18. The Morgan fingerprint density at radius 2 is 1.87 bits per heavy atom. The van der Waals surface area contributed by atoms with Crippen LogP contribution in [0.5, 0.6) is 5.75 Å². The first-order valence-electron chi connectivity index (χ1n) is 7.81. The normalized spacial score (nSPS) is 12.2. The molecule has 3 heteroatoms. The van der Waals surface area contributed by atoms with E-state index in [1.54, 1.807) is 18.3 Å². The van der Waals surface area contributed by atoms with Crippen LogP contribution in [0.2, 0.25) is 0 Å². The summed E-state index contributed by atoms with van der Waals surface area (Å²) >= 11 is 0. The number of pyridine rings is 1. The van der Waals surface area contributed by atoms with Gasteiger partial charge in [-0.1, -0.05) is 37.3 Å². The SMILES string of the molecule is CCC(C(=O)Cc1ccc2cnccc2c1)c1ccc(O)cc1. The van der Waals surface area contributed by atoms with E-state index in [2.05, 4.69) is 11.1 Å². The molecule has 3 rings (SSSR count). The quantitative estimate of drug-likeness (QED) is 0.767. The van der Waals surface area contributed by atoms with Gasteiger partial charge < -0.3 is 5.11 Å². The molecular weight excluding hydrogens is 286 g/mol. The Kier molecular flexibility index (Phi) is 4.38. The highest BCUT2D eigenvalue weighted by molar-refractivity contribution is 5.89. The topological polar surface area (TPSA) is 50.2 Å². The molecule has 1 aromatic heterocycles. The maximum atomic E-state index is 12.7.